The molecule has 0 radical (unpaired) electrons. The molecule has 0 heterocycles. The smallest absolute Gasteiger partial charge is 0.111 e. The Hall–Kier alpha value is -0.460. The van der Waals surface area contributed by atoms with Crippen LogP contribution in [-0.2, 0) is 0 Å². The van der Waals surface area contributed by atoms with Gasteiger partial charge >= 0.3 is 0 Å². The third-order valence-electron chi connectivity index (χ3n) is 2.58. The lowest BCUT2D eigenvalue weighted by Crippen LogP contribution is -2.54. The van der Waals surface area contributed by atoms with Gasteiger partial charge in [0, 0.05) is 0 Å². The zero-order chi connectivity index (χ0) is 10.2. The van der Waals surface area contributed by atoms with E-state index in [-0.39, 0.29) is 6.61 Å². The molecule has 5 heteroatoms. The van der Waals surface area contributed by atoms with Gasteiger partial charge in [-0.3, -0.25) is 0 Å². The van der Waals surface area contributed by atoms with E-state index >= 15 is 0 Å². The summed E-state index contributed by atoms with van der Waals surface area (Å²) in [6.45, 7) is 1.26. The van der Waals surface area contributed by atoms with Crippen molar-refractivity contribution in [2.45, 2.75) is 31.3 Å². The van der Waals surface area contributed by atoms with Crippen molar-refractivity contribution >= 4 is 0 Å². The normalized spacial score (nSPS) is 41.1. The molecule has 5 nitrogen and oxygen atoms in total. The summed E-state index contributed by atoms with van der Waals surface area (Å²) in [5, 5.41) is 37.0. The second-order valence-corrected chi connectivity index (χ2v) is 3.32. The third kappa shape index (κ3) is 1.61. The lowest BCUT2D eigenvalue weighted by molar-refractivity contribution is -0.0622. The fraction of sp³-hybridized carbons (Fsp3) is 0.750. The number of hydrogen-bond donors (Lipinski definition) is 5. The maximum absolute atomic E-state index is 9.41. The van der Waals surface area contributed by atoms with Crippen molar-refractivity contribution in [2.75, 3.05) is 6.61 Å². The molecule has 0 spiro atoms. The van der Waals surface area contributed by atoms with E-state index in [1.165, 1.54) is 0 Å². The molecule has 0 aromatic heterocycles. The molecule has 0 amide bonds. The topological polar surface area (TPSA) is 107 Å². The molecule has 0 saturated heterocycles. The summed E-state index contributed by atoms with van der Waals surface area (Å²) in [5.41, 5.74) is 6.38. The predicted octanol–water partition coefficient (Wildman–Crippen LogP) is -2.28. The van der Waals surface area contributed by atoms with E-state index in [0.29, 0.717) is 11.1 Å². The van der Waals surface area contributed by atoms with Crippen LogP contribution in [0.4, 0.5) is 0 Å². The minimum Gasteiger partial charge on any atom is -0.392 e. The average Bonchev–Trinajstić information content (AvgIpc) is 2.13. The van der Waals surface area contributed by atoms with Crippen LogP contribution in [0.3, 0.4) is 0 Å². The highest BCUT2D eigenvalue weighted by Gasteiger charge is 2.38. The van der Waals surface area contributed by atoms with Crippen molar-refractivity contribution in [1.82, 2.24) is 0 Å². The van der Waals surface area contributed by atoms with Crippen molar-refractivity contribution in [1.29, 1.82) is 0 Å². The minimum atomic E-state index is -1.32. The summed E-state index contributed by atoms with van der Waals surface area (Å²) in [6, 6.07) is -0.722. The molecule has 0 unspecified atom stereocenters. The molecule has 76 valence electrons. The Labute approximate surface area is 76.1 Å². The molecule has 13 heavy (non-hydrogen) atoms. The van der Waals surface area contributed by atoms with Gasteiger partial charge in [0.05, 0.1) is 12.6 Å². The summed E-state index contributed by atoms with van der Waals surface area (Å²) in [5.74, 6) is 0. The first-order valence-corrected chi connectivity index (χ1v) is 4.11. The summed E-state index contributed by atoms with van der Waals surface area (Å²) < 4.78 is 0. The van der Waals surface area contributed by atoms with Gasteiger partial charge in [-0.05, 0) is 18.1 Å². The zero-order valence-corrected chi connectivity index (χ0v) is 7.38. The molecule has 0 aromatic carbocycles. The van der Waals surface area contributed by atoms with Crippen LogP contribution in [0, 0.1) is 0 Å². The number of hydrogen-bond acceptors (Lipinski definition) is 5. The molecule has 0 fully saturated rings. The van der Waals surface area contributed by atoms with Crippen LogP contribution in [0.1, 0.15) is 6.92 Å². The van der Waals surface area contributed by atoms with Crippen LogP contribution in [0.2, 0.25) is 0 Å². The lowest BCUT2D eigenvalue weighted by Gasteiger charge is -2.35. The summed E-state index contributed by atoms with van der Waals surface area (Å²) in [7, 11) is 0. The fourth-order valence-corrected chi connectivity index (χ4v) is 1.53. The molecule has 4 atom stereocenters. The Morgan fingerprint density at radius 3 is 2.23 bits per heavy atom. The lowest BCUT2D eigenvalue weighted by atomic mass is 9.83. The van der Waals surface area contributed by atoms with Gasteiger partial charge in [-0.1, -0.05) is 0 Å². The van der Waals surface area contributed by atoms with E-state index in [2.05, 4.69) is 0 Å². The molecular formula is C8H15NO4. The molecular weight excluding hydrogens is 174 g/mol. The van der Waals surface area contributed by atoms with E-state index in [0.717, 1.165) is 0 Å². The zero-order valence-electron chi connectivity index (χ0n) is 7.38. The summed E-state index contributed by atoms with van der Waals surface area (Å²) in [6.07, 6.45) is -3.72. The molecule has 1 aliphatic carbocycles. The van der Waals surface area contributed by atoms with Crippen LogP contribution >= 0.6 is 0 Å². The van der Waals surface area contributed by atoms with Gasteiger partial charge in [-0.2, -0.15) is 0 Å². The maximum Gasteiger partial charge on any atom is 0.111 e. The van der Waals surface area contributed by atoms with Crippen molar-refractivity contribution in [2.24, 2.45) is 5.73 Å². The van der Waals surface area contributed by atoms with E-state index in [1.54, 1.807) is 6.92 Å². The predicted molar refractivity (Wildman–Crippen MR) is 45.8 cm³/mol. The Morgan fingerprint density at radius 2 is 1.77 bits per heavy atom. The largest absolute Gasteiger partial charge is 0.392 e. The van der Waals surface area contributed by atoms with Crippen molar-refractivity contribution in [3.8, 4) is 0 Å². The highest BCUT2D eigenvalue weighted by atomic mass is 16.4. The molecule has 0 bridgehead atoms. The van der Waals surface area contributed by atoms with E-state index in [1.807, 2.05) is 0 Å². The van der Waals surface area contributed by atoms with Crippen molar-refractivity contribution in [3.63, 3.8) is 0 Å². The second kappa shape index (κ2) is 3.73. The van der Waals surface area contributed by atoms with Crippen LogP contribution in [0.25, 0.3) is 0 Å². The third-order valence-corrected chi connectivity index (χ3v) is 2.58. The van der Waals surface area contributed by atoms with Gasteiger partial charge in [0.1, 0.15) is 18.3 Å². The van der Waals surface area contributed by atoms with E-state index in [9.17, 15) is 15.3 Å². The van der Waals surface area contributed by atoms with E-state index < -0.39 is 24.4 Å². The maximum atomic E-state index is 9.41. The van der Waals surface area contributed by atoms with Crippen LogP contribution in [-0.4, -0.2) is 51.4 Å². The van der Waals surface area contributed by atoms with Gasteiger partial charge in [-0.25, -0.2) is 0 Å². The number of nitrogens with two attached hydrogens (primary N) is 1. The van der Waals surface area contributed by atoms with Gasteiger partial charge < -0.3 is 26.2 Å². The first-order chi connectivity index (χ1) is 6.00. The second-order valence-electron chi connectivity index (χ2n) is 3.32. The molecule has 6 N–H and O–H groups in total. The standard InChI is InChI=1S/C8H15NO4/c1-3-4(2-10)6(11)8(13)7(12)5(3)9/h5-8,10-13H,2,9H2,1H3/t5-,6-,7+,8+/m1/s1. The van der Waals surface area contributed by atoms with Crippen LogP contribution < -0.4 is 5.73 Å². The minimum absolute atomic E-state index is 0.297. The Kier molecular flexibility index (Phi) is 3.05. The van der Waals surface area contributed by atoms with Crippen LogP contribution in [0.15, 0.2) is 11.1 Å². The first-order valence-electron chi connectivity index (χ1n) is 4.11. The number of aliphatic hydroxyl groups excluding tert-OH is 4. The Bertz CT molecular complexity index is 228. The van der Waals surface area contributed by atoms with Gasteiger partial charge in [0.15, 0.2) is 0 Å². The highest BCUT2D eigenvalue weighted by molar-refractivity contribution is 5.28. The highest BCUT2D eigenvalue weighted by Crippen LogP contribution is 2.24. The SMILES string of the molecule is CC1=C(CO)[C@@H](O)[C@H](O)[C@@H](O)[C@@H]1N. The van der Waals surface area contributed by atoms with Crippen molar-refractivity contribution < 1.29 is 20.4 Å². The van der Waals surface area contributed by atoms with E-state index in [4.69, 9.17) is 10.8 Å². The fourth-order valence-electron chi connectivity index (χ4n) is 1.53. The summed E-state index contributed by atoms with van der Waals surface area (Å²) >= 11 is 0. The number of rotatable bonds is 1. The first kappa shape index (κ1) is 10.6. The van der Waals surface area contributed by atoms with Gasteiger partial charge in [0.25, 0.3) is 0 Å². The molecule has 0 aromatic rings. The number of aliphatic hydroxyl groups is 4. The van der Waals surface area contributed by atoms with Crippen molar-refractivity contribution in [3.05, 3.63) is 11.1 Å². The quantitative estimate of drug-likeness (QED) is 0.299. The monoisotopic (exact) mass is 189 g/mol. The van der Waals surface area contributed by atoms with Gasteiger partial charge in [0.2, 0.25) is 0 Å². The Morgan fingerprint density at radius 1 is 1.23 bits per heavy atom. The van der Waals surface area contributed by atoms with Gasteiger partial charge in [-0.15, -0.1) is 0 Å². The molecule has 1 aliphatic rings. The molecule has 1 rings (SSSR count). The molecule has 0 aliphatic heterocycles. The summed E-state index contributed by atoms with van der Waals surface area (Å²) in [4.78, 5) is 0. The molecule has 0 saturated carbocycles. The average molecular weight is 189 g/mol. The Balaban J connectivity index is 3.03. The van der Waals surface area contributed by atoms with Crippen LogP contribution in [0.5, 0.6) is 0 Å².